The summed E-state index contributed by atoms with van der Waals surface area (Å²) in [6.07, 6.45) is 6.32. The van der Waals surface area contributed by atoms with E-state index >= 15 is 0 Å². The van der Waals surface area contributed by atoms with Crippen LogP contribution in [0.3, 0.4) is 0 Å². The van der Waals surface area contributed by atoms with Crippen LogP contribution in [0.15, 0.2) is 18.5 Å². The highest BCUT2D eigenvalue weighted by Gasteiger charge is 2.38. The third-order valence-electron chi connectivity index (χ3n) is 3.16. The SMILES string of the molecule is O=C(Cc1ccncc1Cl)C1(O)CCCC1. The minimum absolute atomic E-state index is 0.127. The van der Waals surface area contributed by atoms with Gasteiger partial charge in [0.2, 0.25) is 0 Å². The van der Waals surface area contributed by atoms with Crippen molar-refractivity contribution in [3.8, 4) is 0 Å². The van der Waals surface area contributed by atoms with Crippen molar-refractivity contribution in [1.29, 1.82) is 0 Å². The molecule has 86 valence electrons. The molecule has 16 heavy (non-hydrogen) atoms. The summed E-state index contributed by atoms with van der Waals surface area (Å²) in [6.45, 7) is 0. The molecule has 1 aromatic heterocycles. The maximum Gasteiger partial charge on any atom is 0.168 e. The van der Waals surface area contributed by atoms with E-state index in [1.807, 2.05) is 0 Å². The molecule has 0 spiro atoms. The first-order valence-corrected chi connectivity index (χ1v) is 5.84. The van der Waals surface area contributed by atoms with E-state index in [9.17, 15) is 9.90 Å². The zero-order valence-corrected chi connectivity index (χ0v) is 9.70. The van der Waals surface area contributed by atoms with Crippen molar-refractivity contribution in [2.45, 2.75) is 37.7 Å². The maximum absolute atomic E-state index is 12.0. The van der Waals surface area contributed by atoms with Crippen LogP contribution in [-0.4, -0.2) is 21.5 Å². The second-order valence-electron chi connectivity index (χ2n) is 4.31. The topological polar surface area (TPSA) is 50.2 Å². The molecule has 0 amide bonds. The Hall–Kier alpha value is -0.930. The molecule has 0 bridgehead atoms. The van der Waals surface area contributed by atoms with Crippen LogP contribution < -0.4 is 0 Å². The van der Waals surface area contributed by atoms with Crippen LogP contribution >= 0.6 is 11.6 Å². The van der Waals surface area contributed by atoms with Crippen molar-refractivity contribution in [2.24, 2.45) is 0 Å². The first-order valence-electron chi connectivity index (χ1n) is 5.46. The van der Waals surface area contributed by atoms with Crippen LogP contribution in [-0.2, 0) is 11.2 Å². The molecule has 4 heteroatoms. The summed E-state index contributed by atoms with van der Waals surface area (Å²) in [5.41, 5.74) is -0.380. The monoisotopic (exact) mass is 239 g/mol. The Labute approximate surface area is 99.5 Å². The van der Waals surface area contributed by atoms with Crippen molar-refractivity contribution in [2.75, 3.05) is 0 Å². The molecule has 1 saturated carbocycles. The minimum Gasteiger partial charge on any atom is -0.382 e. The lowest BCUT2D eigenvalue weighted by Crippen LogP contribution is -2.36. The van der Waals surface area contributed by atoms with Gasteiger partial charge < -0.3 is 5.11 Å². The number of hydrogen-bond donors (Lipinski definition) is 1. The molecule has 1 N–H and O–H groups in total. The fourth-order valence-electron chi connectivity index (χ4n) is 2.12. The summed E-state index contributed by atoms with van der Waals surface area (Å²) in [5.74, 6) is -0.127. The molecular formula is C12H14ClNO2. The molecular weight excluding hydrogens is 226 g/mol. The Morgan fingerprint density at radius 3 is 2.81 bits per heavy atom. The molecule has 1 fully saturated rings. The predicted octanol–water partition coefficient (Wildman–Crippen LogP) is 2.15. The number of carbonyl (C=O) groups excluding carboxylic acids is 1. The molecule has 0 atom stereocenters. The second-order valence-corrected chi connectivity index (χ2v) is 4.71. The van der Waals surface area contributed by atoms with E-state index < -0.39 is 5.60 Å². The van der Waals surface area contributed by atoms with Gasteiger partial charge in [-0.05, 0) is 37.3 Å². The number of carbonyl (C=O) groups is 1. The van der Waals surface area contributed by atoms with E-state index in [-0.39, 0.29) is 12.2 Å². The van der Waals surface area contributed by atoms with E-state index in [0.29, 0.717) is 17.9 Å². The van der Waals surface area contributed by atoms with Crippen LogP contribution in [0.25, 0.3) is 0 Å². The van der Waals surface area contributed by atoms with Gasteiger partial charge in [-0.15, -0.1) is 0 Å². The molecule has 1 heterocycles. The Kier molecular flexibility index (Phi) is 3.26. The number of rotatable bonds is 3. The summed E-state index contributed by atoms with van der Waals surface area (Å²) in [4.78, 5) is 15.8. The average molecular weight is 240 g/mol. The molecule has 1 aliphatic carbocycles. The Morgan fingerprint density at radius 2 is 2.19 bits per heavy atom. The molecule has 0 radical (unpaired) electrons. The second kappa shape index (κ2) is 4.52. The fraction of sp³-hybridized carbons (Fsp3) is 0.500. The molecule has 1 aliphatic rings. The first-order chi connectivity index (χ1) is 7.62. The molecule has 0 unspecified atom stereocenters. The highest BCUT2D eigenvalue weighted by atomic mass is 35.5. The molecule has 2 rings (SSSR count). The van der Waals surface area contributed by atoms with Crippen molar-refractivity contribution < 1.29 is 9.90 Å². The number of pyridine rings is 1. The quantitative estimate of drug-likeness (QED) is 0.879. The highest BCUT2D eigenvalue weighted by Crippen LogP contribution is 2.31. The molecule has 3 nitrogen and oxygen atoms in total. The van der Waals surface area contributed by atoms with Crippen molar-refractivity contribution >= 4 is 17.4 Å². The summed E-state index contributed by atoms with van der Waals surface area (Å²) in [6, 6.07) is 1.72. The third-order valence-corrected chi connectivity index (χ3v) is 3.50. The third kappa shape index (κ3) is 2.25. The van der Waals surface area contributed by atoms with Gasteiger partial charge in [0.25, 0.3) is 0 Å². The smallest absolute Gasteiger partial charge is 0.168 e. The first kappa shape index (κ1) is 11.6. The number of halogens is 1. The summed E-state index contributed by atoms with van der Waals surface area (Å²) in [5, 5.41) is 10.6. The standard InChI is InChI=1S/C12H14ClNO2/c13-10-8-14-6-3-9(10)7-11(15)12(16)4-1-2-5-12/h3,6,8,16H,1-2,4-5,7H2. The Morgan fingerprint density at radius 1 is 1.50 bits per heavy atom. The summed E-state index contributed by atoms with van der Waals surface area (Å²) >= 11 is 5.92. The molecule has 1 aromatic rings. The normalized spacial score (nSPS) is 18.6. The van der Waals surface area contributed by atoms with Crippen molar-refractivity contribution in [1.82, 2.24) is 4.98 Å². The number of aliphatic hydroxyl groups is 1. The van der Waals surface area contributed by atoms with E-state index in [4.69, 9.17) is 11.6 Å². The zero-order chi connectivity index (χ0) is 11.6. The zero-order valence-electron chi connectivity index (χ0n) is 8.95. The molecule has 0 aromatic carbocycles. The highest BCUT2D eigenvalue weighted by molar-refractivity contribution is 6.31. The fourth-order valence-corrected chi connectivity index (χ4v) is 2.31. The summed E-state index contributed by atoms with van der Waals surface area (Å²) < 4.78 is 0. The van der Waals surface area contributed by atoms with Gasteiger partial charge in [-0.25, -0.2) is 0 Å². The van der Waals surface area contributed by atoms with Crippen LogP contribution in [0.1, 0.15) is 31.2 Å². The summed E-state index contributed by atoms with van der Waals surface area (Å²) in [7, 11) is 0. The van der Waals surface area contributed by atoms with Gasteiger partial charge in [0.15, 0.2) is 5.78 Å². The van der Waals surface area contributed by atoms with Gasteiger partial charge in [-0.3, -0.25) is 9.78 Å². The molecule has 0 aliphatic heterocycles. The van der Waals surface area contributed by atoms with Crippen molar-refractivity contribution in [3.05, 3.63) is 29.0 Å². The Balaban J connectivity index is 2.10. The number of Topliss-reactive ketones (excluding diaryl/α,β-unsaturated/α-hetero) is 1. The maximum atomic E-state index is 12.0. The van der Waals surface area contributed by atoms with E-state index in [2.05, 4.69) is 4.98 Å². The van der Waals surface area contributed by atoms with Crippen LogP contribution in [0.4, 0.5) is 0 Å². The van der Waals surface area contributed by atoms with Gasteiger partial charge in [0.1, 0.15) is 5.60 Å². The van der Waals surface area contributed by atoms with Gasteiger partial charge in [0.05, 0.1) is 5.02 Å². The van der Waals surface area contributed by atoms with Gasteiger partial charge in [0, 0.05) is 18.8 Å². The minimum atomic E-state index is -1.12. The van der Waals surface area contributed by atoms with E-state index in [1.165, 1.54) is 6.20 Å². The van der Waals surface area contributed by atoms with Gasteiger partial charge in [-0.1, -0.05) is 11.6 Å². The van der Waals surface area contributed by atoms with Crippen molar-refractivity contribution in [3.63, 3.8) is 0 Å². The number of aromatic nitrogens is 1. The lowest BCUT2D eigenvalue weighted by atomic mass is 9.92. The van der Waals surface area contributed by atoms with Crippen LogP contribution in [0.2, 0.25) is 5.02 Å². The van der Waals surface area contributed by atoms with E-state index in [1.54, 1.807) is 12.3 Å². The van der Waals surface area contributed by atoms with Gasteiger partial charge in [-0.2, -0.15) is 0 Å². The lowest BCUT2D eigenvalue weighted by Gasteiger charge is -2.20. The van der Waals surface area contributed by atoms with Crippen LogP contribution in [0.5, 0.6) is 0 Å². The van der Waals surface area contributed by atoms with E-state index in [0.717, 1.165) is 18.4 Å². The largest absolute Gasteiger partial charge is 0.382 e. The van der Waals surface area contributed by atoms with Gasteiger partial charge >= 0.3 is 0 Å². The molecule has 0 saturated heterocycles. The lowest BCUT2D eigenvalue weighted by molar-refractivity contribution is -0.136. The van der Waals surface area contributed by atoms with Crippen LogP contribution in [0, 0.1) is 0 Å². The Bertz CT molecular complexity index is 400. The number of nitrogens with zero attached hydrogens (tertiary/aromatic N) is 1. The number of hydrogen-bond acceptors (Lipinski definition) is 3. The predicted molar refractivity (Wildman–Crippen MR) is 61.4 cm³/mol. The number of ketones is 1. The average Bonchev–Trinajstić information content (AvgIpc) is 2.70.